The van der Waals surface area contributed by atoms with Crippen molar-refractivity contribution in [3.63, 3.8) is 0 Å². The van der Waals surface area contributed by atoms with Crippen LogP contribution < -0.4 is 15.9 Å². The summed E-state index contributed by atoms with van der Waals surface area (Å²) in [6.07, 6.45) is 0.857. The predicted molar refractivity (Wildman–Crippen MR) is 166 cm³/mol. The number of nitrogens with one attached hydrogen (secondary N) is 1. The van der Waals surface area contributed by atoms with E-state index < -0.39 is 7.92 Å². The number of para-hydroxylation sites is 2. The minimum Gasteiger partial charge on any atom is -0.354 e. The van der Waals surface area contributed by atoms with Crippen LogP contribution in [-0.2, 0) is 6.16 Å². The van der Waals surface area contributed by atoms with Crippen molar-refractivity contribution in [2.75, 3.05) is 5.32 Å². The molecule has 0 spiro atoms. The van der Waals surface area contributed by atoms with Gasteiger partial charge in [0, 0.05) is 50.3 Å². The summed E-state index contributed by atoms with van der Waals surface area (Å²) in [7, 11) is -0.715. The number of rotatable bonds is 1. The van der Waals surface area contributed by atoms with Gasteiger partial charge in [0.15, 0.2) is 0 Å². The second-order valence-electron chi connectivity index (χ2n) is 9.98. The maximum absolute atomic E-state index is 5.35. The number of aromatic nitrogens is 2. The molecular weight excluding hydrogens is 493 g/mol. The van der Waals surface area contributed by atoms with E-state index in [1.807, 2.05) is 0 Å². The van der Waals surface area contributed by atoms with Gasteiger partial charge in [-0.05, 0) is 42.9 Å². The van der Waals surface area contributed by atoms with E-state index >= 15 is 0 Å². The molecule has 1 aliphatic rings. The highest BCUT2D eigenvalue weighted by molar-refractivity contribution is 7.72. The van der Waals surface area contributed by atoms with Crippen LogP contribution in [0.5, 0.6) is 0 Å². The zero-order chi connectivity index (χ0) is 25.8. The van der Waals surface area contributed by atoms with Crippen LogP contribution in [0.4, 0.5) is 11.4 Å². The average Bonchev–Trinajstić information content (AvgIpc) is 3.00. The van der Waals surface area contributed by atoms with Crippen molar-refractivity contribution < 1.29 is 0 Å². The van der Waals surface area contributed by atoms with Gasteiger partial charge >= 0.3 is 0 Å². The highest BCUT2D eigenvalue weighted by Crippen LogP contribution is 2.42. The number of fused-ring (bicyclic) bond motifs is 5. The second kappa shape index (κ2) is 9.01. The Kier molecular flexibility index (Phi) is 5.17. The first-order chi connectivity index (χ1) is 19.3. The van der Waals surface area contributed by atoms with E-state index in [0.717, 1.165) is 61.7 Å². The molecule has 0 saturated carbocycles. The average molecular weight is 518 g/mol. The lowest BCUT2D eigenvalue weighted by Gasteiger charge is -2.23. The fourth-order valence-corrected chi connectivity index (χ4v) is 8.07. The number of pyridine rings is 2. The molecule has 8 rings (SSSR count). The fraction of sp³-hybridized carbons (Fsp3) is 0.0286. The zero-order valence-corrected chi connectivity index (χ0v) is 22.1. The van der Waals surface area contributed by atoms with Crippen molar-refractivity contribution in [3.8, 4) is 11.3 Å². The van der Waals surface area contributed by atoms with Crippen molar-refractivity contribution in [1.29, 1.82) is 0 Å². The Morgan fingerprint density at radius 3 is 2.03 bits per heavy atom. The molecule has 1 N–H and O–H groups in total. The normalized spacial score (nSPS) is 14.5. The van der Waals surface area contributed by atoms with Crippen molar-refractivity contribution >= 4 is 62.5 Å². The summed E-state index contributed by atoms with van der Waals surface area (Å²) in [5, 5.41) is 11.0. The lowest BCUT2D eigenvalue weighted by atomic mass is 10.0. The van der Waals surface area contributed by atoms with Gasteiger partial charge in [-0.1, -0.05) is 103 Å². The molecule has 0 fully saturated rings. The van der Waals surface area contributed by atoms with E-state index in [2.05, 4.69) is 133 Å². The summed E-state index contributed by atoms with van der Waals surface area (Å²) in [6.45, 7) is 0. The first kappa shape index (κ1) is 22.4. The molecule has 3 nitrogen and oxygen atoms in total. The van der Waals surface area contributed by atoms with E-state index in [4.69, 9.17) is 9.97 Å². The molecule has 184 valence electrons. The number of nitrogens with zero attached hydrogens (tertiary/aromatic N) is 2. The lowest BCUT2D eigenvalue weighted by molar-refractivity contribution is 1.22. The summed E-state index contributed by atoms with van der Waals surface area (Å²) in [6, 6.07) is 45.6. The van der Waals surface area contributed by atoms with Crippen LogP contribution in [0.1, 0.15) is 5.69 Å². The topological polar surface area (TPSA) is 37.8 Å². The van der Waals surface area contributed by atoms with Crippen LogP contribution in [0.25, 0.3) is 43.8 Å². The Balaban J connectivity index is 1.49. The molecule has 7 aromatic rings. The van der Waals surface area contributed by atoms with Crippen LogP contribution in [0.15, 0.2) is 127 Å². The first-order valence-corrected chi connectivity index (χ1v) is 14.7. The number of hydrogen-bond donors (Lipinski definition) is 1. The molecule has 0 aliphatic carbocycles. The van der Waals surface area contributed by atoms with Gasteiger partial charge in [0.05, 0.1) is 16.7 Å². The molecule has 0 amide bonds. The van der Waals surface area contributed by atoms with E-state index in [9.17, 15) is 0 Å². The third-order valence-electron chi connectivity index (χ3n) is 7.61. The van der Waals surface area contributed by atoms with Crippen LogP contribution in [0.3, 0.4) is 0 Å². The molecule has 39 heavy (non-hydrogen) atoms. The van der Waals surface area contributed by atoms with Crippen LogP contribution in [0.2, 0.25) is 0 Å². The minimum absolute atomic E-state index is 0.715. The third kappa shape index (κ3) is 3.78. The molecule has 4 heteroatoms. The maximum Gasteiger partial charge on any atom is 0.0809 e. The van der Waals surface area contributed by atoms with Crippen molar-refractivity contribution in [1.82, 2.24) is 9.97 Å². The van der Waals surface area contributed by atoms with Gasteiger partial charge in [-0.2, -0.15) is 0 Å². The Hall–Kier alpha value is -4.59. The first-order valence-electron chi connectivity index (χ1n) is 13.2. The van der Waals surface area contributed by atoms with E-state index in [0.29, 0.717) is 0 Å². The van der Waals surface area contributed by atoms with Crippen molar-refractivity contribution in [2.24, 2.45) is 0 Å². The number of benzene rings is 5. The largest absolute Gasteiger partial charge is 0.354 e. The predicted octanol–water partition coefficient (Wildman–Crippen LogP) is 8.29. The molecule has 3 heterocycles. The molecule has 0 saturated heterocycles. The van der Waals surface area contributed by atoms with Gasteiger partial charge < -0.3 is 5.32 Å². The number of hydrogen-bond acceptors (Lipinski definition) is 3. The monoisotopic (exact) mass is 517 g/mol. The van der Waals surface area contributed by atoms with Crippen molar-refractivity contribution in [2.45, 2.75) is 6.16 Å². The smallest absolute Gasteiger partial charge is 0.0809 e. The number of anilines is 2. The van der Waals surface area contributed by atoms with E-state index in [1.54, 1.807) is 0 Å². The molecular formula is C35H24N3P. The SMILES string of the molecule is c1ccc(P2Cc3ccc4ccc5ccc6ccc(nc6c5c4n3)-c3ccccc3Nc3ccccc32)cc1. The second-order valence-corrected chi connectivity index (χ2v) is 12.2. The van der Waals surface area contributed by atoms with Gasteiger partial charge in [-0.3, -0.25) is 4.98 Å². The fourth-order valence-electron chi connectivity index (χ4n) is 5.72. The molecule has 2 aromatic heterocycles. The Bertz CT molecular complexity index is 2030. The standard InChI is InChI=1S/C35H24N3P/c1-2-8-27(9-3-1)39-22-26-20-18-24-16-14-23-15-17-25-19-21-30(38-35(25)33(23)34(24)36-26)28-10-4-5-11-29(28)37-31-12-6-7-13-32(31)39/h1-21,37H,22H2. The van der Waals surface area contributed by atoms with Gasteiger partial charge in [-0.25, -0.2) is 4.98 Å². The maximum atomic E-state index is 5.35. The quantitative estimate of drug-likeness (QED) is 0.176. The Labute approximate surface area is 227 Å². The van der Waals surface area contributed by atoms with Gasteiger partial charge in [0.25, 0.3) is 0 Å². The van der Waals surface area contributed by atoms with Crippen molar-refractivity contribution in [3.05, 3.63) is 133 Å². The summed E-state index contributed by atoms with van der Waals surface area (Å²) in [4.78, 5) is 10.6. The molecule has 0 radical (unpaired) electrons. The molecule has 1 aliphatic heterocycles. The molecule has 1 unspecified atom stereocenters. The van der Waals surface area contributed by atoms with E-state index in [1.165, 1.54) is 16.0 Å². The molecule has 5 aromatic carbocycles. The molecule has 1 atom stereocenters. The van der Waals surface area contributed by atoms with Crippen LogP contribution in [0, 0.1) is 0 Å². The third-order valence-corrected chi connectivity index (χ3v) is 10.1. The highest BCUT2D eigenvalue weighted by atomic mass is 31.1. The van der Waals surface area contributed by atoms with Gasteiger partial charge in [0.1, 0.15) is 0 Å². The Morgan fingerprint density at radius 1 is 0.538 bits per heavy atom. The highest BCUT2D eigenvalue weighted by Gasteiger charge is 2.21. The molecule has 4 bridgehead atoms. The van der Waals surface area contributed by atoms with E-state index in [-0.39, 0.29) is 0 Å². The summed E-state index contributed by atoms with van der Waals surface area (Å²) in [5.74, 6) is 0. The Morgan fingerprint density at radius 2 is 1.18 bits per heavy atom. The summed E-state index contributed by atoms with van der Waals surface area (Å²) in [5.41, 5.74) is 7.34. The van der Waals surface area contributed by atoms with Crippen LogP contribution in [-0.4, -0.2) is 9.97 Å². The lowest BCUT2D eigenvalue weighted by Crippen LogP contribution is -2.17. The van der Waals surface area contributed by atoms with Crippen LogP contribution >= 0.6 is 7.92 Å². The summed E-state index contributed by atoms with van der Waals surface area (Å²) >= 11 is 0. The minimum atomic E-state index is -0.715. The summed E-state index contributed by atoms with van der Waals surface area (Å²) < 4.78 is 0. The zero-order valence-electron chi connectivity index (χ0n) is 21.2. The van der Waals surface area contributed by atoms with Gasteiger partial charge in [-0.15, -0.1) is 0 Å². The van der Waals surface area contributed by atoms with Gasteiger partial charge in [0.2, 0.25) is 0 Å².